The second-order valence-corrected chi connectivity index (χ2v) is 3.84. The Labute approximate surface area is 87.0 Å². The smallest absolute Gasteiger partial charge is 0.315 e. The molecule has 0 aromatic carbocycles. The summed E-state index contributed by atoms with van der Waals surface area (Å²) in [7, 11) is 0. The maximum absolute atomic E-state index is 11.2. The van der Waals surface area contributed by atoms with Crippen LogP contribution in [0.25, 0.3) is 0 Å². The van der Waals surface area contributed by atoms with E-state index in [1.165, 1.54) is 0 Å². The maximum Gasteiger partial charge on any atom is 0.315 e. The van der Waals surface area contributed by atoms with Crippen LogP contribution in [0.2, 0.25) is 0 Å². The molecular formula is C9H14N2O2S. The normalized spacial score (nSPS) is 12.1. The molecule has 1 aromatic rings. The molecule has 78 valence electrons. The highest BCUT2D eigenvalue weighted by atomic mass is 32.1. The third-order valence-electron chi connectivity index (χ3n) is 1.71. The standard InChI is InChI=1S/C9H14N2O2S/c1-7(8-3-2-6-14-8)11-9(13)10-4-5-12/h2-3,6-7,12H,4-5H2,1H3,(H2,10,11,13)/t7-/m1/s1. The van der Waals surface area contributed by atoms with E-state index in [-0.39, 0.29) is 25.2 Å². The lowest BCUT2D eigenvalue weighted by atomic mass is 10.3. The lowest BCUT2D eigenvalue weighted by Crippen LogP contribution is -2.38. The highest BCUT2D eigenvalue weighted by molar-refractivity contribution is 7.10. The first-order chi connectivity index (χ1) is 6.74. The predicted octanol–water partition coefficient (Wildman–Crippen LogP) is 1.10. The fraction of sp³-hybridized carbons (Fsp3) is 0.444. The van der Waals surface area contributed by atoms with Gasteiger partial charge in [0.15, 0.2) is 0 Å². The van der Waals surface area contributed by atoms with Gasteiger partial charge in [-0.15, -0.1) is 11.3 Å². The Balaban J connectivity index is 2.33. The molecule has 4 nitrogen and oxygen atoms in total. The van der Waals surface area contributed by atoms with Gasteiger partial charge < -0.3 is 15.7 Å². The summed E-state index contributed by atoms with van der Waals surface area (Å²) in [6, 6.07) is 3.68. The third kappa shape index (κ3) is 3.35. The van der Waals surface area contributed by atoms with Gasteiger partial charge in [0.2, 0.25) is 0 Å². The summed E-state index contributed by atoms with van der Waals surface area (Å²) in [5.74, 6) is 0. The molecule has 0 fully saturated rings. The van der Waals surface area contributed by atoms with E-state index in [1.54, 1.807) is 11.3 Å². The highest BCUT2D eigenvalue weighted by Gasteiger charge is 2.08. The average molecular weight is 214 g/mol. The first-order valence-corrected chi connectivity index (χ1v) is 5.30. The molecule has 0 aliphatic carbocycles. The van der Waals surface area contributed by atoms with Gasteiger partial charge in [-0.05, 0) is 18.4 Å². The van der Waals surface area contributed by atoms with E-state index >= 15 is 0 Å². The molecule has 1 rings (SSSR count). The van der Waals surface area contributed by atoms with Gasteiger partial charge in [0.1, 0.15) is 0 Å². The topological polar surface area (TPSA) is 61.4 Å². The van der Waals surface area contributed by atoms with Crippen LogP contribution in [0.15, 0.2) is 17.5 Å². The zero-order chi connectivity index (χ0) is 10.4. The molecular weight excluding hydrogens is 200 g/mol. The van der Waals surface area contributed by atoms with Gasteiger partial charge in [-0.1, -0.05) is 6.07 Å². The summed E-state index contributed by atoms with van der Waals surface area (Å²) in [5, 5.41) is 15.8. The largest absolute Gasteiger partial charge is 0.395 e. The number of hydrogen-bond donors (Lipinski definition) is 3. The van der Waals surface area contributed by atoms with Crippen LogP contribution in [-0.2, 0) is 0 Å². The third-order valence-corrected chi connectivity index (χ3v) is 2.77. The Kier molecular flexibility index (Phi) is 4.42. The summed E-state index contributed by atoms with van der Waals surface area (Å²) in [4.78, 5) is 12.3. The van der Waals surface area contributed by atoms with E-state index in [0.29, 0.717) is 0 Å². The van der Waals surface area contributed by atoms with E-state index in [9.17, 15) is 4.79 Å². The Bertz CT molecular complexity index is 274. The summed E-state index contributed by atoms with van der Waals surface area (Å²) < 4.78 is 0. The van der Waals surface area contributed by atoms with Gasteiger partial charge in [0.25, 0.3) is 0 Å². The quantitative estimate of drug-likeness (QED) is 0.703. The van der Waals surface area contributed by atoms with Crippen LogP contribution >= 0.6 is 11.3 Å². The van der Waals surface area contributed by atoms with Crippen LogP contribution in [0.4, 0.5) is 4.79 Å². The van der Waals surface area contributed by atoms with Gasteiger partial charge in [-0.2, -0.15) is 0 Å². The van der Waals surface area contributed by atoms with Gasteiger partial charge in [0, 0.05) is 11.4 Å². The Morgan fingerprint density at radius 3 is 3.07 bits per heavy atom. The van der Waals surface area contributed by atoms with E-state index in [1.807, 2.05) is 24.4 Å². The number of nitrogens with one attached hydrogen (secondary N) is 2. The Morgan fingerprint density at radius 1 is 1.71 bits per heavy atom. The molecule has 5 heteroatoms. The van der Waals surface area contributed by atoms with E-state index in [4.69, 9.17) is 5.11 Å². The molecule has 3 N–H and O–H groups in total. The predicted molar refractivity (Wildman–Crippen MR) is 56.4 cm³/mol. The van der Waals surface area contributed by atoms with Gasteiger partial charge in [-0.3, -0.25) is 0 Å². The van der Waals surface area contributed by atoms with Crippen molar-refractivity contribution in [1.82, 2.24) is 10.6 Å². The zero-order valence-electron chi connectivity index (χ0n) is 7.99. The molecule has 1 atom stereocenters. The molecule has 0 radical (unpaired) electrons. The molecule has 0 aliphatic rings. The second kappa shape index (κ2) is 5.62. The number of aliphatic hydroxyl groups excluding tert-OH is 1. The monoisotopic (exact) mass is 214 g/mol. The van der Waals surface area contributed by atoms with Gasteiger partial charge >= 0.3 is 6.03 Å². The van der Waals surface area contributed by atoms with Crippen molar-refractivity contribution < 1.29 is 9.90 Å². The van der Waals surface area contributed by atoms with Crippen LogP contribution in [0.5, 0.6) is 0 Å². The van der Waals surface area contributed by atoms with Crippen molar-refractivity contribution in [2.75, 3.05) is 13.2 Å². The molecule has 1 aromatic heterocycles. The fourth-order valence-corrected chi connectivity index (χ4v) is 1.76. The molecule has 0 saturated carbocycles. The number of amides is 2. The van der Waals surface area contributed by atoms with E-state index in [2.05, 4.69) is 10.6 Å². The summed E-state index contributed by atoms with van der Waals surface area (Å²) in [6.07, 6.45) is 0. The minimum Gasteiger partial charge on any atom is -0.395 e. The van der Waals surface area contributed by atoms with Crippen molar-refractivity contribution >= 4 is 17.4 Å². The lowest BCUT2D eigenvalue weighted by Gasteiger charge is -2.12. The molecule has 0 bridgehead atoms. The minimum atomic E-state index is -0.250. The van der Waals surface area contributed by atoms with Crippen molar-refractivity contribution in [2.24, 2.45) is 0 Å². The van der Waals surface area contributed by atoms with Gasteiger partial charge in [-0.25, -0.2) is 4.79 Å². The number of carbonyl (C=O) groups is 1. The van der Waals surface area contributed by atoms with E-state index < -0.39 is 0 Å². The van der Waals surface area contributed by atoms with Gasteiger partial charge in [0.05, 0.1) is 12.6 Å². The summed E-state index contributed by atoms with van der Waals surface area (Å²) in [6.45, 7) is 2.16. The number of thiophene rings is 1. The average Bonchev–Trinajstić information content (AvgIpc) is 2.67. The van der Waals surface area contributed by atoms with Crippen molar-refractivity contribution in [3.63, 3.8) is 0 Å². The SMILES string of the molecule is C[C@@H](NC(=O)NCCO)c1cccs1. The zero-order valence-corrected chi connectivity index (χ0v) is 8.80. The van der Waals surface area contributed by atoms with Crippen LogP contribution in [0.1, 0.15) is 17.8 Å². The Hall–Kier alpha value is -1.07. The van der Waals surface area contributed by atoms with Crippen molar-refractivity contribution in [3.8, 4) is 0 Å². The molecule has 0 saturated heterocycles. The first kappa shape index (κ1) is 11.0. The number of urea groups is 1. The molecule has 0 aliphatic heterocycles. The first-order valence-electron chi connectivity index (χ1n) is 4.42. The van der Waals surface area contributed by atoms with Crippen LogP contribution in [0, 0.1) is 0 Å². The molecule has 0 unspecified atom stereocenters. The van der Waals surface area contributed by atoms with Crippen LogP contribution in [-0.4, -0.2) is 24.3 Å². The van der Waals surface area contributed by atoms with Crippen LogP contribution < -0.4 is 10.6 Å². The lowest BCUT2D eigenvalue weighted by molar-refractivity contribution is 0.231. The van der Waals surface area contributed by atoms with Crippen LogP contribution in [0.3, 0.4) is 0 Å². The molecule has 1 heterocycles. The van der Waals surface area contributed by atoms with Crippen molar-refractivity contribution in [1.29, 1.82) is 0 Å². The van der Waals surface area contributed by atoms with Crippen molar-refractivity contribution in [3.05, 3.63) is 22.4 Å². The summed E-state index contributed by atoms with van der Waals surface area (Å²) in [5.41, 5.74) is 0. The number of aliphatic hydroxyl groups is 1. The second-order valence-electron chi connectivity index (χ2n) is 2.86. The molecule has 14 heavy (non-hydrogen) atoms. The number of hydrogen-bond acceptors (Lipinski definition) is 3. The minimum absolute atomic E-state index is 0.00805. The molecule has 0 spiro atoms. The fourth-order valence-electron chi connectivity index (χ4n) is 1.03. The molecule has 2 amide bonds. The highest BCUT2D eigenvalue weighted by Crippen LogP contribution is 2.17. The Morgan fingerprint density at radius 2 is 2.50 bits per heavy atom. The van der Waals surface area contributed by atoms with Crippen molar-refractivity contribution in [2.45, 2.75) is 13.0 Å². The summed E-state index contributed by atoms with van der Waals surface area (Å²) >= 11 is 1.60. The number of rotatable bonds is 4. The maximum atomic E-state index is 11.2. The number of carbonyl (C=O) groups excluding carboxylic acids is 1. The van der Waals surface area contributed by atoms with E-state index in [0.717, 1.165) is 4.88 Å².